The normalized spacial score (nSPS) is 10.0. The molecule has 0 aromatic rings. The van der Waals surface area contributed by atoms with Gasteiger partial charge in [0.25, 0.3) is 5.09 Å². The Labute approximate surface area is 146 Å². The summed E-state index contributed by atoms with van der Waals surface area (Å²) < 4.78 is 0. The topological polar surface area (TPSA) is 101 Å². The monoisotopic (exact) mass is 347 g/mol. The van der Waals surface area contributed by atoms with E-state index in [0.717, 1.165) is 12.8 Å². The summed E-state index contributed by atoms with van der Waals surface area (Å²) in [4.78, 5) is 18.7. The number of nitrogens with zero attached hydrogens (tertiary/aromatic N) is 1. The Morgan fingerprint density at radius 3 is 1.25 bits per heavy atom. The Bertz CT molecular complexity index is 281. The van der Waals surface area contributed by atoms with Crippen LogP contribution in [0.4, 0.5) is 0 Å². The maximum absolute atomic E-state index is 10.3. The first-order valence-corrected chi connectivity index (χ1v) is 9.55. The van der Waals surface area contributed by atoms with Crippen molar-refractivity contribution >= 4 is 5.97 Å². The molecule has 0 amide bonds. The van der Waals surface area contributed by atoms with Gasteiger partial charge < -0.3 is 10.3 Å². The minimum absolute atomic E-state index is 0.345. The summed E-state index contributed by atoms with van der Waals surface area (Å²) in [6, 6.07) is 0. The summed E-state index contributed by atoms with van der Waals surface area (Å²) in [6.07, 6.45) is 20.2. The fourth-order valence-electron chi connectivity index (χ4n) is 2.65. The molecular formula is C18H37NO5. The van der Waals surface area contributed by atoms with E-state index in [2.05, 4.69) is 6.92 Å². The van der Waals surface area contributed by atoms with Gasteiger partial charge in [-0.15, -0.1) is 10.1 Å². The van der Waals surface area contributed by atoms with Crippen LogP contribution in [0.15, 0.2) is 0 Å². The Kier molecular flexibility index (Phi) is 22.5. The van der Waals surface area contributed by atoms with Crippen molar-refractivity contribution in [3.05, 3.63) is 10.1 Å². The molecule has 0 spiro atoms. The molecule has 0 aliphatic rings. The third-order valence-corrected chi connectivity index (χ3v) is 3.99. The third kappa shape index (κ3) is 32.6. The highest BCUT2D eigenvalue weighted by molar-refractivity contribution is 5.66. The molecule has 0 bridgehead atoms. The number of carboxylic acid groups (broad SMARTS) is 1. The van der Waals surface area contributed by atoms with Gasteiger partial charge in [0, 0.05) is 6.42 Å². The molecule has 6 nitrogen and oxygen atoms in total. The van der Waals surface area contributed by atoms with Crippen LogP contribution >= 0.6 is 0 Å². The van der Waals surface area contributed by atoms with E-state index in [0.29, 0.717) is 6.42 Å². The minimum atomic E-state index is -1.50. The van der Waals surface area contributed by atoms with Crippen molar-refractivity contribution in [2.75, 3.05) is 0 Å². The molecule has 6 heteroatoms. The quantitative estimate of drug-likeness (QED) is 0.203. The zero-order valence-electron chi connectivity index (χ0n) is 15.4. The van der Waals surface area contributed by atoms with E-state index < -0.39 is 11.1 Å². The van der Waals surface area contributed by atoms with Gasteiger partial charge in [0.15, 0.2) is 0 Å². The first-order chi connectivity index (χ1) is 11.5. The zero-order chi connectivity index (χ0) is 18.5. The average Bonchev–Trinajstić information content (AvgIpc) is 2.50. The predicted octanol–water partition coefficient (Wildman–Crippen LogP) is 5.98. The molecule has 0 saturated carbocycles. The molecule has 0 fully saturated rings. The highest BCUT2D eigenvalue weighted by Crippen LogP contribution is 2.13. The smallest absolute Gasteiger partial charge is 0.303 e. The molecule has 24 heavy (non-hydrogen) atoms. The van der Waals surface area contributed by atoms with E-state index >= 15 is 0 Å². The van der Waals surface area contributed by atoms with E-state index in [1.807, 2.05) is 0 Å². The molecule has 2 N–H and O–H groups in total. The SMILES string of the molecule is CCCCCCCCCCCCCCCCCC(=O)O.O=[N+]([O-])O. The van der Waals surface area contributed by atoms with Crippen LogP contribution in [-0.4, -0.2) is 21.4 Å². The molecule has 0 heterocycles. The highest BCUT2D eigenvalue weighted by atomic mass is 16.9. The van der Waals surface area contributed by atoms with E-state index in [1.54, 1.807) is 0 Å². The number of hydrogen-bond acceptors (Lipinski definition) is 3. The number of carboxylic acids is 1. The van der Waals surface area contributed by atoms with Crippen molar-refractivity contribution in [3.8, 4) is 0 Å². The molecule has 144 valence electrons. The predicted molar refractivity (Wildman–Crippen MR) is 96.0 cm³/mol. The molecule has 0 saturated heterocycles. The van der Waals surface area contributed by atoms with Gasteiger partial charge in [-0.2, -0.15) is 0 Å². The number of aliphatic carboxylic acids is 1. The number of hydrogen-bond donors (Lipinski definition) is 2. The van der Waals surface area contributed by atoms with Gasteiger partial charge in [0.05, 0.1) is 0 Å². The maximum Gasteiger partial charge on any atom is 0.303 e. The van der Waals surface area contributed by atoms with Crippen molar-refractivity contribution in [2.24, 2.45) is 0 Å². The first kappa shape index (κ1) is 24.9. The van der Waals surface area contributed by atoms with E-state index in [-0.39, 0.29) is 0 Å². The Morgan fingerprint density at radius 2 is 1.00 bits per heavy atom. The summed E-state index contributed by atoms with van der Waals surface area (Å²) in [5.41, 5.74) is 0. The van der Waals surface area contributed by atoms with Gasteiger partial charge in [-0.05, 0) is 6.42 Å². The summed E-state index contributed by atoms with van der Waals surface area (Å²) in [7, 11) is 0. The van der Waals surface area contributed by atoms with E-state index in [9.17, 15) is 4.79 Å². The van der Waals surface area contributed by atoms with Crippen molar-refractivity contribution in [3.63, 3.8) is 0 Å². The summed E-state index contributed by atoms with van der Waals surface area (Å²) in [5.74, 6) is -0.653. The van der Waals surface area contributed by atoms with Crippen molar-refractivity contribution in [1.29, 1.82) is 0 Å². The largest absolute Gasteiger partial charge is 0.481 e. The average molecular weight is 347 g/mol. The van der Waals surface area contributed by atoms with Gasteiger partial charge in [-0.25, -0.2) is 0 Å². The van der Waals surface area contributed by atoms with Crippen molar-refractivity contribution < 1.29 is 20.2 Å². The third-order valence-electron chi connectivity index (χ3n) is 3.99. The lowest BCUT2D eigenvalue weighted by Gasteiger charge is -2.03. The second kappa shape index (κ2) is 21.7. The van der Waals surface area contributed by atoms with E-state index in [4.69, 9.17) is 20.4 Å². The molecular weight excluding hydrogens is 310 g/mol. The van der Waals surface area contributed by atoms with E-state index in [1.165, 1.54) is 83.5 Å². The minimum Gasteiger partial charge on any atom is -0.481 e. The van der Waals surface area contributed by atoms with Crippen LogP contribution in [0.3, 0.4) is 0 Å². The number of carbonyl (C=O) groups is 1. The Balaban J connectivity index is 0. The first-order valence-electron chi connectivity index (χ1n) is 9.55. The van der Waals surface area contributed by atoms with Gasteiger partial charge in [0.1, 0.15) is 0 Å². The van der Waals surface area contributed by atoms with Crippen LogP contribution < -0.4 is 0 Å². The molecule has 0 aromatic heterocycles. The van der Waals surface area contributed by atoms with Crippen LogP contribution in [0, 0.1) is 10.1 Å². The summed E-state index contributed by atoms with van der Waals surface area (Å²) in [5, 5.41) is 22.2. The van der Waals surface area contributed by atoms with Gasteiger partial charge in [0.2, 0.25) is 0 Å². The molecule has 0 aliphatic heterocycles. The van der Waals surface area contributed by atoms with Crippen LogP contribution in [-0.2, 0) is 4.79 Å². The number of rotatable bonds is 16. The molecule has 0 aromatic carbocycles. The standard InChI is InChI=1S/C18H36O2.HNO3/c1-2-3-4-5-6-7-8-9-10-11-12-13-14-15-16-17-18(19)20;2-1(3)4/h2-17H2,1H3,(H,19,20);(H,2,3,4). The molecule has 0 radical (unpaired) electrons. The molecule has 0 unspecified atom stereocenters. The number of unbranched alkanes of at least 4 members (excludes halogenated alkanes) is 14. The molecule has 0 rings (SSSR count). The van der Waals surface area contributed by atoms with Crippen LogP contribution in [0.25, 0.3) is 0 Å². The van der Waals surface area contributed by atoms with Crippen molar-refractivity contribution in [2.45, 2.75) is 110 Å². The second-order valence-electron chi connectivity index (χ2n) is 6.33. The van der Waals surface area contributed by atoms with Crippen LogP contribution in [0.5, 0.6) is 0 Å². The van der Waals surface area contributed by atoms with Crippen molar-refractivity contribution in [1.82, 2.24) is 0 Å². The fourth-order valence-corrected chi connectivity index (χ4v) is 2.65. The van der Waals surface area contributed by atoms with Gasteiger partial charge in [-0.1, -0.05) is 96.8 Å². The molecule has 0 atom stereocenters. The lowest BCUT2D eigenvalue weighted by Crippen LogP contribution is -1.93. The second-order valence-corrected chi connectivity index (χ2v) is 6.33. The zero-order valence-corrected chi connectivity index (χ0v) is 15.4. The Hall–Kier alpha value is -1.33. The van der Waals surface area contributed by atoms with Crippen LogP contribution in [0.2, 0.25) is 0 Å². The van der Waals surface area contributed by atoms with Gasteiger partial charge in [-0.3, -0.25) is 4.79 Å². The summed E-state index contributed by atoms with van der Waals surface area (Å²) in [6.45, 7) is 2.27. The maximum atomic E-state index is 10.3. The fraction of sp³-hybridized carbons (Fsp3) is 0.944. The van der Waals surface area contributed by atoms with Crippen LogP contribution in [0.1, 0.15) is 110 Å². The van der Waals surface area contributed by atoms with Gasteiger partial charge >= 0.3 is 5.97 Å². The Morgan fingerprint density at radius 1 is 0.750 bits per heavy atom. The highest BCUT2D eigenvalue weighted by Gasteiger charge is 1.97. The molecule has 0 aliphatic carbocycles. The summed E-state index contributed by atoms with van der Waals surface area (Å²) >= 11 is 0. The lowest BCUT2D eigenvalue weighted by atomic mass is 10.0. The lowest BCUT2D eigenvalue weighted by molar-refractivity contribution is -0.742.